The van der Waals surface area contributed by atoms with E-state index in [9.17, 15) is 5.11 Å². The van der Waals surface area contributed by atoms with E-state index in [-0.39, 0.29) is 0 Å². The van der Waals surface area contributed by atoms with E-state index in [1.807, 2.05) is 6.92 Å². The summed E-state index contributed by atoms with van der Waals surface area (Å²) in [5.41, 5.74) is -0.434. The monoisotopic (exact) mass is 184 g/mol. The maximum Gasteiger partial charge on any atom is 0.0724 e. The summed E-state index contributed by atoms with van der Waals surface area (Å²) in [7, 11) is 0. The minimum Gasteiger partial charge on any atom is -0.389 e. The van der Waals surface area contributed by atoms with Crippen molar-refractivity contribution in [3.63, 3.8) is 0 Å². The normalized spacial score (nSPS) is 46.4. The second kappa shape index (κ2) is 3.23. The van der Waals surface area contributed by atoms with Crippen molar-refractivity contribution in [3.05, 3.63) is 0 Å². The molecule has 2 atom stereocenters. The molecular weight excluding hydrogens is 164 g/mol. The Balaban J connectivity index is 2.12. The minimum absolute atomic E-state index is 0.417. The molecule has 0 saturated carbocycles. The van der Waals surface area contributed by atoms with Crippen LogP contribution in [0.25, 0.3) is 0 Å². The van der Waals surface area contributed by atoms with E-state index < -0.39 is 5.60 Å². The van der Waals surface area contributed by atoms with Crippen LogP contribution in [0.3, 0.4) is 0 Å². The molecule has 76 valence electrons. The van der Waals surface area contributed by atoms with Gasteiger partial charge in [-0.15, -0.1) is 0 Å². The molecule has 0 spiro atoms. The first-order chi connectivity index (χ1) is 6.14. The third kappa shape index (κ3) is 1.49. The van der Waals surface area contributed by atoms with Crippen molar-refractivity contribution in [2.45, 2.75) is 19.4 Å². The molecule has 2 unspecified atom stereocenters. The fourth-order valence-corrected chi connectivity index (χ4v) is 2.63. The van der Waals surface area contributed by atoms with Crippen LogP contribution < -0.4 is 5.32 Å². The Morgan fingerprint density at radius 2 is 1.92 bits per heavy atom. The van der Waals surface area contributed by atoms with Gasteiger partial charge in [-0.1, -0.05) is 6.92 Å². The number of hydrogen-bond acceptors (Lipinski definition) is 3. The van der Waals surface area contributed by atoms with Crippen LogP contribution in [0.5, 0.6) is 0 Å². The average Bonchev–Trinajstić information content (AvgIpc) is 2.02. The fourth-order valence-electron chi connectivity index (χ4n) is 2.63. The third-order valence-electron chi connectivity index (χ3n) is 3.84. The quantitative estimate of drug-likeness (QED) is 0.598. The first kappa shape index (κ1) is 9.44. The van der Waals surface area contributed by atoms with Gasteiger partial charge < -0.3 is 15.3 Å². The number of aliphatic hydroxyl groups is 1. The lowest BCUT2D eigenvalue weighted by Gasteiger charge is -2.51. The molecule has 3 heteroatoms. The van der Waals surface area contributed by atoms with Crippen LogP contribution in [0.2, 0.25) is 0 Å². The molecule has 2 saturated heterocycles. The first-order valence-electron chi connectivity index (χ1n) is 5.30. The summed E-state index contributed by atoms with van der Waals surface area (Å²) < 4.78 is 0. The predicted octanol–water partition coefficient (Wildman–Crippen LogP) is -0.0915. The zero-order chi connectivity index (χ0) is 9.47. The zero-order valence-electron chi connectivity index (χ0n) is 8.58. The summed E-state index contributed by atoms with van der Waals surface area (Å²) in [4.78, 5) is 2.45. The molecule has 2 N–H and O–H groups in total. The van der Waals surface area contributed by atoms with Gasteiger partial charge in [-0.25, -0.2) is 0 Å². The second-order valence-electron chi connectivity index (χ2n) is 4.63. The lowest BCUT2D eigenvalue weighted by Crippen LogP contribution is -2.65. The Morgan fingerprint density at radius 1 is 1.38 bits per heavy atom. The van der Waals surface area contributed by atoms with Crippen molar-refractivity contribution >= 4 is 0 Å². The van der Waals surface area contributed by atoms with E-state index in [0.717, 1.165) is 32.7 Å². The summed E-state index contributed by atoms with van der Waals surface area (Å²) in [6.07, 6.45) is 0. The number of nitrogens with zero attached hydrogens (tertiary/aromatic N) is 1. The van der Waals surface area contributed by atoms with Crippen LogP contribution in [-0.4, -0.2) is 48.3 Å². The Labute approximate surface area is 80.1 Å². The van der Waals surface area contributed by atoms with Crippen LogP contribution in [0.15, 0.2) is 0 Å². The Bertz CT molecular complexity index is 177. The van der Waals surface area contributed by atoms with Crippen LogP contribution in [0.1, 0.15) is 13.8 Å². The average molecular weight is 184 g/mol. The smallest absolute Gasteiger partial charge is 0.0724 e. The molecule has 0 aromatic heterocycles. The van der Waals surface area contributed by atoms with E-state index >= 15 is 0 Å². The summed E-state index contributed by atoms with van der Waals surface area (Å²) >= 11 is 0. The molecule has 0 amide bonds. The standard InChI is InChI=1S/C10H20N2O/c1-3-12-6-8-4-11-5-9(7-12)10(8,2)13/h8-9,11,13H,3-7H2,1-2H3. The van der Waals surface area contributed by atoms with E-state index in [2.05, 4.69) is 17.1 Å². The SMILES string of the molecule is CCN1CC2CNCC(C1)C2(C)O. The summed E-state index contributed by atoms with van der Waals surface area (Å²) in [5, 5.41) is 13.7. The van der Waals surface area contributed by atoms with E-state index in [4.69, 9.17) is 0 Å². The van der Waals surface area contributed by atoms with Gasteiger partial charge in [0.1, 0.15) is 0 Å². The molecule has 2 rings (SSSR count). The van der Waals surface area contributed by atoms with Crippen molar-refractivity contribution in [1.82, 2.24) is 10.2 Å². The molecule has 0 aromatic rings. The molecule has 0 radical (unpaired) electrons. The highest BCUT2D eigenvalue weighted by Crippen LogP contribution is 2.34. The van der Waals surface area contributed by atoms with E-state index in [1.165, 1.54) is 0 Å². The number of nitrogens with one attached hydrogen (secondary N) is 1. The van der Waals surface area contributed by atoms with Gasteiger partial charge in [0.2, 0.25) is 0 Å². The molecule has 2 fully saturated rings. The number of rotatable bonds is 1. The third-order valence-corrected chi connectivity index (χ3v) is 3.84. The van der Waals surface area contributed by atoms with E-state index in [0.29, 0.717) is 11.8 Å². The molecule has 2 aliphatic rings. The summed E-state index contributed by atoms with van der Waals surface area (Å²) in [5.74, 6) is 0.833. The highest BCUT2D eigenvalue weighted by Gasteiger charge is 2.46. The van der Waals surface area contributed by atoms with Crippen molar-refractivity contribution in [3.8, 4) is 0 Å². The highest BCUT2D eigenvalue weighted by atomic mass is 16.3. The van der Waals surface area contributed by atoms with Gasteiger partial charge in [0, 0.05) is 38.0 Å². The maximum absolute atomic E-state index is 10.3. The van der Waals surface area contributed by atoms with Crippen molar-refractivity contribution in [2.75, 3.05) is 32.7 Å². The van der Waals surface area contributed by atoms with Crippen LogP contribution in [0, 0.1) is 11.8 Å². The zero-order valence-corrected chi connectivity index (χ0v) is 8.58. The summed E-state index contributed by atoms with van der Waals surface area (Å²) in [6, 6.07) is 0. The van der Waals surface area contributed by atoms with E-state index in [1.54, 1.807) is 0 Å². The Hall–Kier alpha value is -0.120. The molecule has 3 nitrogen and oxygen atoms in total. The van der Waals surface area contributed by atoms with Gasteiger partial charge in [-0.05, 0) is 13.5 Å². The lowest BCUT2D eigenvalue weighted by atomic mass is 9.72. The van der Waals surface area contributed by atoms with Gasteiger partial charge in [-0.2, -0.15) is 0 Å². The van der Waals surface area contributed by atoms with Crippen LogP contribution in [-0.2, 0) is 0 Å². The van der Waals surface area contributed by atoms with Crippen molar-refractivity contribution in [2.24, 2.45) is 11.8 Å². The number of likely N-dealkylation sites (tertiary alicyclic amines) is 1. The molecule has 13 heavy (non-hydrogen) atoms. The van der Waals surface area contributed by atoms with Gasteiger partial charge in [0.15, 0.2) is 0 Å². The molecule has 0 aromatic carbocycles. The Kier molecular flexibility index (Phi) is 2.34. The molecule has 0 aliphatic carbocycles. The van der Waals surface area contributed by atoms with Crippen LogP contribution in [0.4, 0.5) is 0 Å². The number of piperidine rings is 2. The first-order valence-corrected chi connectivity index (χ1v) is 5.30. The van der Waals surface area contributed by atoms with Crippen LogP contribution >= 0.6 is 0 Å². The Morgan fingerprint density at radius 3 is 2.38 bits per heavy atom. The topological polar surface area (TPSA) is 35.5 Å². The number of fused-ring (bicyclic) bond motifs is 2. The van der Waals surface area contributed by atoms with Crippen molar-refractivity contribution < 1.29 is 5.11 Å². The van der Waals surface area contributed by atoms with Gasteiger partial charge >= 0.3 is 0 Å². The molecule has 2 aliphatic heterocycles. The van der Waals surface area contributed by atoms with Crippen molar-refractivity contribution in [1.29, 1.82) is 0 Å². The maximum atomic E-state index is 10.3. The molecule has 2 heterocycles. The number of hydrogen-bond donors (Lipinski definition) is 2. The predicted molar refractivity (Wildman–Crippen MR) is 52.6 cm³/mol. The van der Waals surface area contributed by atoms with Gasteiger partial charge in [-0.3, -0.25) is 0 Å². The molecule has 2 bridgehead atoms. The summed E-state index contributed by atoms with van der Waals surface area (Å²) in [6.45, 7) is 9.36. The van der Waals surface area contributed by atoms with Gasteiger partial charge in [0.25, 0.3) is 0 Å². The lowest BCUT2D eigenvalue weighted by molar-refractivity contribution is -0.117. The highest BCUT2D eigenvalue weighted by molar-refractivity contribution is 5.00. The largest absolute Gasteiger partial charge is 0.389 e. The second-order valence-corrected chi connectivity index (χ2v) is 4.63. The fraction of sp³-hybridized carbons (Fsp3) is 1.00. The molecular formula is C10H20N2O. The minimum atomic E-state index is -0.434. The van der Waals surface area contributed by atoms with Gasteiger partial charge in [0.05, 0.1) is 5.60 Å².